The average Bonchev–Trinajstić information content (AvgIpc) is 2.67. The molecule has 7 nitrogen and oxygen atoms in total. The first-order chi connectivity index (χ1) is 12.6. The Balaban J connectivity index is 1.95. The Kier molecular flexibility index (Phi) is 7.17. The minimum atomic E-state index is -1.12. The number of methoxy groups -OCH3 is 1. The number of nitrogens with one attached hydrogen (secondary N) is 2. The molecule has 1 atom stereocenters. The Morgan fingerprint density at radius 3 is 2.19 bits per heavy atom. The van der Waals surface area contributed by atoms with E-state index in [4.69, 9.17) is 4.74 Å². The van der Waals surface area contributed by atoms with Gasteiger partial charge >= 0.3 is 12.1 Å². The Morgan fingerprint density at radius 1 is 0.962 bits per heavy atom. The topological polar surface area (TPSA) is 93.7 Å². The monoisotopic (exact) mass is 356 g/mol. The fraction of sp³-hybridized carbons (Fsp3) is 0.211. The van der Waals surface area contributed by atoms with E-state index in [2.05, 4.69) is 15.4 Å². The fourth-order valence-corrected chi connectivity index (χ4v) is 2.12. The Bertz CT molecular complexity index is 734. The van der Waals surface area contributed by atoms with Crippen molar-refractivity contribution in [1.29, 1.82) is 0 Å². The van der Waals surface area contributed by atoms with Crippen LogP contribution in [0.2, 0.25) is 0 Å². The highest BCUT2D eigenvalue weighted by atomic mass is 16.5. The van der Waals surface area contributed by atoms with Gasteiger partial charge in [0.2, 0.25) is 5.91 Å². The minimum Gasteiger partial charge on any atom is -0.469 e. The lowest BCUT2D eigenvalue weighted by molar-refractivity contribution is -0.142. The molecule has 0 saturated heterocycles. The number of hydrogen-bond donors (Lipinski definition) is 2. The van der Waals surface area contributed by atoms with Crippen molar-refractivity contribution < 1.29 is 23.9 Å². The summed E-state index contributed by atoms with van der Waals surface area (Å²) >= 11 is 0. The molecule has 7 heteroatoms. The summed E-state index contributed by atoms with van der Waals surface area (Å²) in [6.07, 6.45) is -1.11. The molecule has 2 rings (SSSR count). The summed E-state index contributed by atoms with van der Waals surface area (Å²) in [5.74, 6) is -1.17. The number of benzene rings is 2. The smallest absolute Gasteiger partial charge is 0.408 e. The molecule has 0 aliphatic rings. The van der Waals surface area contributed by atoms with Gasteiger partial charge in [-0.25, -0.2) is 4.79 Å². The van der Waals surface area contributed by atoms with Crippen LogP contribution in [0.5, 0.6) is 0 Å². The molecule has 0 fully saturated rings. The third kappa shape index (κ3) is 6.27. The number of alkyl carbamates (subject to hydrolysis) is 1. The highest BCUT2D eigenvalue weighted by Gasteiger charge is 2.25. The van der Waals surface area contributed by atoms with Crippen LogP contribution < -0.4 is 10.6 Å². The minimum absolute atomic E-state index is 0.0535. The number of ether oxygens (including phenoxy) is 2. The van der Waals surface area contributed by atoms with Gasteiger partial charge in [-0.1, -0.05) is 48.5 Å². The van der Waals surface area contributed by atoms with Crippen LogP contribution in [-0.4, -0.2) is 31.1 Å². The Morgan fingerprint density at radius 2 is 1.58 bits per heavy atom. The van der Waals surface area contributed by atoms with Gasteiger partial charge in [0.15, 0.2) is 0 Å². The number of esters is 1. The first kappa shape index (κ1) is 19.0. The fourth-order valence-electron chi connectivity index (χ4n) is 2.12. The maximum Gasteiger partial charge on any atom is 0.408 e. The van der Waals surface area contributed by atoms with Crippen molar-refractivity contribution in [2.75, 3.05) is 12.4 Å². The van der Waals surface area contributed by atoms with Crippen molar-refractivity contribution in [3.05, 3.63) is 66.2 Å². The number of carbonyl (C=O) groups excluding carboxylic acids is 3. The summed E-state index contributed by atoms with van der Waals surface area (Å²) < 4.78 is 9.67. The molecule has 0 heterocycles. The van der Waals surface area contributed by atoms with Crippen LogP contribution in [0.25, 0.3) is 0 Å². The van der Waals surface area contributed by atoms with Gasteiger partial charge in [-0.3, -0.25) is 9.59 Å². The Labute approximate surface area is 151 Å². The molecular weight excluding hydrogens is 336 g/mol. The van der Waals surface area contributed by atoms with E-state index in [0.29, 0.717) is 5.69 Å². The summed E-state index contributed by atoms with van der Waals surface area (Å²) in [5.41, 5.74) is 1.35. The summed E-state index contributed by atoms with van der Waals surface area (Å²) in [6, 6.07) is 16.7. The van der Waals surface area contributed by atoms with E-state index in [9.17, 15) is 14.4 Å². The first-order valence-corrected chi connectivity index (χ1v) is 7.98. The number of para-hydroxylation sites is 1. The predicted molar refractivity (Wildman–Crippen MR) is 95.3 cm³/mol. The molecule has 0 aromatic heterocycles. The highest BCUT2D eigenvalue weighted by molar-refractivity contribution is 5.98. The number of amides is 2. The zero-order chi connectivity index (χ0) is 18.8. The second-order valence-electron chi connectivity index (χ2n) is 5.39. The molecule has 2 N–H and O–H groups in total. The van der Waals surface area contributed by atoms with Gasteiger partial charge < -0.3 is 20.1 Å². The van der Waals surface area contributed by atoms with Gasteiger partial charge in [0.25, 0.3) is 0 Å². The number of hydrogen-bond acceptors (Lipinski definition) is 5. The van der Waals surface area contributed by atoms with Crippen molar-refractivity contribution in [2.24, 2.45) is 0 Å². The lowest BCUT2D eigenvalue weighted by Crippen LogP contribution is -2.45. The van der Waals surface area contributed by atoms with Crippen LogP contribution in [0.3, 0.4) is 0 Å². The summed E-state index contributed by atoms with van der Waals surface area (Å²) in [7, 11) is 1.21. The van der Waals surface area contributed by atoms with Gasteiger partial charge in [-0.15, -0.1) is 0 Å². The molecular formula is C19H20N2O5. The summed E-state index contributed by atoms with van der Waals surface area (Å²) in [4.78, 5) is 35.9. The second-order valence-corrected chi connectivity index (χ2v) is 5.39. The van der Waals surface area contributed by atoms with Gasteiger partial charge in [0, 0.05) is 5.69 Å². The van der Waals surface area contributed by atoms with Crippen molar-refractivity contribution in [3.8, 4) is 0 Å². The lowest BCUT2D eigenvalue weighted by Gasteiger charge is -2.17. The van der Waals surface area contributed by atoms with Crippen molar-refractivity contribution >= 4 is 23.7 Å². The molecule has 136 valence electrons. The molecule has 0 aliphatic carbocycles. The van der Waals surface area contributed by atoms with Crippen molar-refractivity contribution in [3.63, 3.8) is 0 Å². The summed E-state index contributed by atoms with van der Waals surface area (Å²) in [6.45, 7) is 0.0535. The SMILES string of the molecule is COC(=O)CC(NC(=O)OCc1ccccc1)C(=O)Nc1ccccc1. The van der Waals surface area contributed by atoms with Crippen LogP contribution in [0, 0.1) is 0 Å². The van der Waals surface area contributed by atoms with Gasteiger partial charge in [0.1, 0.15) is 12.6 Å². The molecule has 2 aromatic carbocycles. The molecule has 2 aromatic rings. The van der Waals surface area contributed by atoms with Crippen LogP contribution in [0.4, 0.5) is 10.5 Å². The second kappa shape index (κ2) is 9.83. The van der Waals surface area contributed by atoms with E-state index in [1.165, 1.54) is 7.11 Å². The molecule has 26 heavy (non-hydrogen) atoms. The van der Waals surface area contributed by atoms with Crippen LogP contribution >= 0.6 is 0 Å². The standard InChI is InChI=1S/C19H20N2O5/c1-25-17(22)12-16(18(23)20-15-10-6-3-7-11-15)21-19(24)26-13-14-8-4-2-5-9-14/h2-11,16H,12-13H2,1H3,(H,20,23)(H,21,24). The third-order valence-corrected chi connectivity index (χ3v) is 3.46. The van der Waals surface area contributed by atoms with E-state index in [1.54, 1.807) is 42.5 Å². The number of rotatable bonds is 7. The zero-order valence-electron chi connectivity index (χ0n) is 14.3. The normalized spacial score (nSPS) is 11.1. The maximum atomic E-state index is 12.4. The molecule has 0 radical (unpaired) electrons. The molecule has 1 unspecified atom stereocenters. The quantitative estimate of drug-likeness (QED) is 0.744. The van der Waals surface area contributed by atoms with Crippen LogP contribution in [-0.2, 0) is 25.7 Å². The number of carbonyl (C=O) groups is 3. The Hall–Kier alpha value is -3.35. The number of anilines is 1. The van der Waals surface area contributed by atoms with E-state index >= 15 is 0 Å². The van der Waals surface area contributed by atoms with Gasteiger partial charge in [0.05, 0.1) is 13.5 Å². The third-order valence-electron chi connectivity index (χ3n) is 3.46. The van der Waals surface area contributed by atoms with Crippen molar-refractivity contribution in [1.82, 2.24) is 5.32 Å². The molecule has 0 aliphatic heterocycles. The lowest BCUT2D eigenvalue weighted by atomic mass is 10.2. The van der Waals surface area contributed by atoms with Crippen LogP contribution in [0.15, 0.2) is 60.7 Å². The van der Waals surface area contributed by atoms with Gasteiger partial charge in [-0.05, 0) is 17.7 Å². The van der Waals surface area contributed by atoms with E-state index in [1.807, 2.05) is 18.2 Å². The first-order valence-electron chi connectivity index (χ1n) is 7.98. The highest BCUT2D eigenvalue weighted by Crippen LogP contribution is 2.08. The molecule has 2 amide bonds. The molecule has 0 bridgehead atoms. The maximum absolute atomic E-state index is 12.4. The predicted octanol–water partition coefficient (Wildman–Crippen LogP) is 2.48. The average molecular weight is 356 g/mol. The summed E-state index contributed by atoms with van der Waals surface area (Å²) in [5, 5.41) is 5.03. The molecule has 0 saturated carbocycles. The van der Waals surface area contributed by atoms with E-state index in [-0.39, 0.29) is 13.0 Å². The van der Waals surface area contributed by atoms with Gasteiger partial charge in [-0.2, -0.15) is 0 Å². The van der Waals surface area contributed by atoms with E-state index in [0.717, 1.165) is 5.56 Å². The van der Waals surface area contributed by atoms with Crippen LogP contribution in [0.1, 0.15) is 12.0 Å². The molecule has 0 spiro atoms. The largest absolute Gasteiger partial charge is 0.469 e. The zero-order valence-corrected chi connectivity index (χ0v) is 14.3. The van der Waals surface area contributed by atoms with Crippen molar-refractivity contribution in [2.45, 2.75) is 19.1 Å². The van der Waals surface area contributed by atoms with E-state index < -0.39 is 24.0 Å².